The lowest BCUT2D eigenvalue weighted by molar-refractivity contribution is 0.0600. The van der Waals surface area contributed by atoms with Gasteiger partial charge in [-0.15, -0.1) is 0 Å². The van der Waals surface area contributed by atoms with Crippen LogP contribution in [-0.2, 0) is 11.3 Å². The molecule has 0 aromatic heterocycles. The molecule has 0 fully saturated rings. The minimum atomic E-state index is -0.482. The monoisotopic (exact) mass is 346 g/mol. The summed E-state index contributed by atoms with van der Waals surface area (Å²) in [4.78, 5) is 24.3. The molecule has 0 saturated heterocycles. The second kappa shape index (κ2) is 5.33. The zero-order valence-corrected chi connectivity index (χ0v) is 12.8. The van der Waals surface area contributed by atoms with Crippen LogP contribution >= 0.6 is 15.9 Å². The van der Waals surface area contributed by atoms with E-state index < -0.39 is 5.97 Å². The van der Waals surface area contributed by atoms with Crippen molar-refractivity contribution in [3.63, 3.8) is 0 Å². The van der Waals surface area contributed by atoms with Gasteiger partial charge in [0, 0.05) is 15.6 Å². The molecule has 2 aromatic rings. The molecule has 106 valence electrons. The van der Waals surface area contributed by atoms with Gasteiger partial charge in [-0.3, -0.25) is 4.79 Å². The summed E-state index contributed by atoms with van der Waals surface area (Å²) in [7, 11) is 1.30. The molecule has 0 spiro atoms. The molecular weight excluding hydrogens is 336 g/mol. The fraction of sp³-hybridized carbons (Fsp3) is 0.125. The fourth-order valence-electron chi connectivity index (χ4n) is 2.26. The summed E-state index contributed by atoms with van der Waals surface area (Å²) in [5.74, 6) is -0.172. The zero-order valence-electron chi connectivity index (χ0n) is 11.2. The van der Waals surface area contributed by atoms with Crippen LogP contribution in [0.5, 0.6) is 5.75 Å². The summed E-state index contributed by atoms with van der Waals surface area (Å²) in [5, 5.41) is 0. The summed E-state index contributed by atoms with van der Waals surface area (Å²) in [6.07, 6.45) is 0. The van der Waals surface area contributed by atoms with E-state index >= 15 is 0 Å². The number of carbonyl (C=O) groups excluding carboxylic acids is 2. The molecule has 3 rings (SSSR count). The number of benzene rings is 2. The Hall–Kier alpha value is -2.14. The third kappa shape index (κ3) is 2.45. The first-order chi connectivity index (χ1) is 10.1. The van der Waals surface area contributed by atoms with E-state index in [9.17, 15) is 9.59 Å². The first kappa shape index (κ1) is 13.8. The van der Waals surface area contributed by atoms with Crippen LogP contribution in [0.4, 0.5) is 0 Å². The Morgan fingerprint density at radius 3 is 2.76 bits per heavy atom. The van der Waals surface area contributed by atoms with Gasteiger partial charge < -0.3 is 9.47 Å². The molecule has 0 aliphatic carbocycles. The number of methoxy groups -OCH3 is 1. The summed E-state index contributed by atoms with van der Waals surface area (Å²) in [6, 6.07) is 10.2. The Labute approximate surface area is 129 Å². The Balaban J connectivity index is 2.14. The van der Waals surface area contributed by atoms with Crippen molar-refractivity contribution in [2.75, 3.05) is 7.11 Å². The molecule has 4 nitrogen and oxygen atoms in total. The van der Waals surface area contributed by atoms with Crippen LogP contribution in [0.3, 0.4) is 0 Å². The average Bonchev–Trinajstić information content (AvgIpc) is 2.64. The van der Waals surface area contributed by atoms with Crippen molar-refractivity contribution in [3.05, 3.63) is 63.1 Å². The maximum atomic E-state index is 12.7. The molecule has 1 heterocycles. The van der Waals surface area contributed by atoms with Crippen molar-refractivity contribution < 1.29 is 19.1 Å². The number of hydrogen-bond donors (Lipinski definition) is 0. The predicted octanol–water partition coefficient (Wildman–Crippen LogP) is 3.36. The van der Waals surface area contributed by atoms with Gasteiger partial charge >= 0.3 is 5.97 Å². The minimum Gasteiger partial charge on any atom is -0.488 e. The van der Waals surface area contributed by atoms with E-state index in [0.29, 0.717) is 29.0 Å². The van der Waals surface area contributed by atoms with Crippen LogP contribution in [0.25, 0.3) is 0 Å². The molecule has 0 radical (unpaired) electrons. The maximum absolute atomic E-state index is 12.7. The highest BCUT2D eigenvalue weighted by atomic mass is 79.9. The van der Waals surface area contributed by atoms with Crippen LogP contribution < -0.4 is 4.74 Å². The number of esters is 1. The van der Waals surface area contributed by atoms with Crippen LogP contribution in [0, 0.1) is 0 Å². The highest BCUT2D eigenvalue weighted by molar-refractivity contribution is 9.10. The van der Waals surface area contributed by atoms with Crippen LogP contribution in [0.15, 0.2) is 40.9 Å². The van der Waals surface area contributed by atoms with Gasteiger partial charge in [0.1, 0.15) is 12.4 Å². The third-order valence-electron chi connectivity index (χ3n) is 3.35. The van der Waals surface area contributed by atoms with E-state index in [2.05, 4.69) is 20.7 Å². The predicted molar refractivity (Wildman–Crippen MR) is 79.7 cm³/mol. The van der Waals surface area contributed by atoms with Gasteiger partial charge in [-0.05, 0) is 30.3 Å². The van der Waals surface area contributed by atoms with E-state index in [1.807, 2.05) is 12.1 Å². The van der Waals surface area contributed by atoms with Crippen LogP contribution in [-0.4, -0.2) is 18.9 Å². The average molecular weight is 347 g/mol. The first-order valence-electron chi connectivity index (χ1n) is 6.28. The number of rotatable bonds is 1. The molecule has 21 heavy (non-hydrogen) atoms. The highest BCUT2D eigenvalue weighted by Crippen LogP contribution is 2.30. The lowest BCUT2D eigenvalue weighted by Crippen LogP contribution is -2.06. The topological polar surface area (TPSA) is 52.6 Å². The molecule has 0 saturated carbocycles. The second-order valence-electron chi connectivity index (χ2n) is 4.62. The van der Waals surface area contributed by atoms with E-state index in [0.717, 1.165) is 10.0 Å². The molecule has 5 heteroatoms. The lowest BCUT2D eigenvalue weighted by Gasteiger charge is -2.07. The Kier molecular flexibility index (Phi) is 3.51. The van der Waals surface area contributed by atoms with Gasteiger partial charge in [0.25, 0.3) is 0 Å². The number of halogens is 1. The van der Waals surface area contributed by atoms with Gasteiger partial charge in [-0.2, -0.15) is 0 Å². The lowest BCUT2D eigenvalue weighted by atomic mass is 9.98. The van der Waals surface area contributed by atoms with Crippen LogP contribution in [0.1, 0.15) is 31.8 Å². The molecular formula is C16H11BrO4. The largest absolute Gasteiger partial charge is 0.488 e. The molecule has 0 bridgehead atoms. The molecule has 1 aliphatic heterocycles. The van der Waals surface area contributed by atoms with Crippen molar-refractivity contribution in [2.45, 2.75) is 6.61 Å². The standard InChI is InChI=1S/C16H11BrO4/c1-20-16(19)9-3-5-14-13(6-9)15(18)12-7-11(17)4-2-10(12)8-21-14/h2-7H,8H2,1H3. The van der Waals surface area contributed by atoms with E-state index in [1.54, 1.807) is 18.2 Å². The summed E-state index contributed by atoms with van der Waals surface area (Å²) in [5.41, 5.74) is 2.09. The van der Waals surface area contributed by atoms with Crippen LogP contribution in [0.2, 0.25) is 0 Å². The quantitative estimate of drug-likeness (QED) is 0.743. The summed E-state index contributed by atoms with van der Waals surface area (Å²) >= 11 is 3.37. The van der Waals surface area contributed by atoms with Gasteiger partial charge in [0.2, 0.25) is 0 Å². The highest BCUT2D eigenvalue weighted by Gasteiger charge is 2.24. The molecule has 0 amide bonds. The van der Waals surface area contributed by atoms with Gasteiger partial charge in [0.05, 0.1) is 18.2 Å². The fourth-order valence-corrected chi connectivity index (χ4v) is 2.63. The zero-order chi connectivity index (χ0) is 15.0. The van der Waals surface area contributed by atoms with Crippen molar-refractivity contribution >= 4 is 27.7 Å². The smallest absolute Gasteiger partial charge is 0.337 e. The summed E-state index contributed by atoms with van der Waals surface area (Å²) in [6.45, 7) is 0.318. The van der Waals surface area contributed by atoms with Gasteiger partial charge in [-0.25, -0.2) is 4.79 Å². The number of carbonyl (C=O) groups is 2. The van der Waals surface area contributed by atoms with Gasteiger partial charge in [-0.1, -0.05) is 22.0 Å². The summed E-state index contributed by atoms with van der Waals surface area (Å²) < 4.78 is 11.2. The first-order valence-corrected chi connectivity index (χ1v) is 7.08. The molecule has 1 aliphatic rings. The maximum Gasteiger partial charge on any atom is 0.337 e. The molecule has 0 unspecified atom stereocenters. The van der Waals surface area contributed by atoms with Crippen molar-refractivity contribution in [2.24, 2.45) is 0 Å². The van der Waals surface area contributed by atoms with Crippen molar-refractivity contribution in [1.82, 2.24) is 0 Å². The van der Waals surface area contributed by atoms with Crippen molar-refractivity contribution in [1.29, 1.82) is 0 Å². The normalized spacial score (nSPS) is 12.8. The number of ketones is 1. The number of fused-ring (bicyclic) bond motifs is 2. The van der Waals surface area contributed by atoms with Gasteiger partial charge in [0.15, 0.2) is 5.78 Å². The number of ether oxygens (including phenoxy) is 2. The Morgan fingerprint density at radius 1 is 1.19 bits per heavy atom. The van der Waals surface area contributed by atoms with Crippen molar-refractivity contribution in [3.8, 4) is 5.75 Å². The molecule has 0 atom stereocenters. The van der Waals surface area contributed by atoms with E-state index in [1.165, 1.54) is 13.2 Å². The molecule has 2 aromatic carbocycles. The molecule has 0 N–H and O–H groups in total. The second-order valence-corrected chi connectivity index (χ2v) is 5.54. The third-order valence-corrected chi connectivity index (χ3v) is 3.84. The number of hydrogen-bond acceptors (Lipinski definition) is 4. The SMILES string of the molecule is COC(=O)c1ccc2c(c1)C(=O)c1cc(Br)ccc1CO2. The minimum absolute atomic E-state index is 0.162. The Morgan fingerprint density at radius 2 is 2.00 bits per heavy atom. The Bertz CT molecular complexity index is 752. The van der Waals surface area contributed by atoms with E-state index in [4.69, 9.17) is 4.74 Å². The van der Waals surface area contributed by atoms with E-state index in [-0.39, 0.29) is 5.78 Å².